The van der Waals surface area contributed by atoms with Crippen LogP contribution in [0.2, 0.25) is 0 Å². The predicted octanol–water partition coefficient (Wildman–Crippen LogP) is 2.63. The number of nitrogens with zero attached hydrogens (tertiary/aromatic N) is 2. The number of rotatable bonds is 5. The van der Waals surface area contributed by atoms with Crippen molar-refractivity contribution in [3.05, 3.63) is 52.0 Å². The normalized spacial score (nSPS) is 11.6. The quantitative estimate of drug-likeness (QED) is 0.918. The molecule has 4 nitrogen and oxygen atoms in total. The van der Waals surface area contributed by atoms with E-state index in [9.17, 15) is 4.79 Å². The second-order valence-electron chi connectivity index (χ2n) is 4.26. The maximum absolute atomic E-state index is 12.1. The molecular weight excluding hydrogens is 270 g/mol. The van der Waals surface area contributed by atoms with Gasteiger partial charge in [0.25, 0.3) is 0 Å². The van der Waals surface area contributed by atoms with Gasteiger partial charge in [0.15, 0.2) is 0 Å². The number of hydrogen-bond acceptors (Lipinski definition) is 4. The van der Waals surface area contributed by atoms with Crippen molar-refractivity contribution in [1.29, 1.82) is 5.26 Å². The van der Waals surface area contributed by atoms with Crippen LogP contribution < -0.4 is 5.32 Å². The molecule has 5 heteroatoms. The molecule has 0 aliphatic carbocycles. The minimum atomic E-state index is -0.776. The summed E-state index contributed by atoms with van der Waals surface area (Å²) in [6.07, 6.45) is 2.77. The van der Waals surface area contributed by atoms with Gasteiger partial charge >= 0.3 is 0 Å². The van der Waals surface area contributed by atoms with Gasteiger partial charge in [-0.05, 0) is 12.0 Å². The van der Waals surface area contributed by atoms with E-state index in [1.807, 2.05) is 30.5 Å². The third-order valence-corrected chi connectivity index (χ3v) is 4.03. The average molecular weight is 285 g/mol. The van der Waals surface area contributed by atoms with E-state index in [2.05, 4.69) is 17.2 Å². The number of aromatic nitrogens is 1. The lowest BCUT2D eigenvalue weighted by molar-refractivity contribution is -0.121. The van der Waals surface area contributed by atoms with Crippen LogP contribution >= 0.6 is 11.3 Å². The van der Waals surface area contributed by atoms with E-state index in [1.54, 1.807) is 23.5 Å². The zero-order valence-corrected chi connectivity index (χ0v) is 12.0. The third-order valence-electron chi connectivity index (χ3n) is 2.89. The van der Waals surface area contributed by atoms with Gasteiger partial charge in [0.2, 0.25) is 5.91 Å². The summed E-state index contributed by atoms with van der Waals surface area (Å²) in [7, 11) is 0. The lowest BCUT2D eigenvalue weighted by atomic mass is 10.00. The van der Waals surface area contributed by atoms with Crippen molar-refractivity contribution in [2.75, 3.05) is 0 Å². The Kier molecular flexibility index (Phi) is 4.85. The van der Waals surface area contributed by atoms with Gasteiger partial charge in [-0.3, -0.25) is 4.79 Å². The molecule has 0 aliphatic rings. The first kappa shape index (κ1) is 14.2. The van der Waals surface area contributed by atoms with Gasteiger partial charge in [0, 0.05) is 11.1 Å². The van der Waals surface area contributed by atoms with Gasteiger partial charge in [0.1, 0.15) is 10.9 Å². The number of nitriles is 1. The Morgan fingerprint density at radius 2 is 2.20 bits per heavy atom. The number of amides is 1. The van der Waals surface area contributed by atoms with Crippen LogP contribution in [-0.2, 0) is 17.8 Å². The molecule has 1 aromatic carbocycles. The second-order valence-corrected chi connectivity index (χ2v) is 5.46. The Bertz CT molecular complexity index is 616. The molecule has 0 radical (unpaired) electrons. The molecule has 0 saturated heterocycles. The molecule has 1 atom stereocenters. The fourth-order valence-electron chi connectivity index (χ4n) is 1.79. The molecule has 1 amide bonds. The molecule has 0 fully saturated rings. The van der Waals surface area contributed by atoms with Crippen LogP contribution in [0.5, 0.6) is 0 Å². The van der Waals surface area contributed by atoms with Crippen molar-refractivity contribution in [3.63, 3.8) is 0 Å². The number of hydrogen-bond donors (Lipinski definition) is 1. The van der Waals surface area contributed by atoms with Gasteiger partial charge in [-0.2, -0.15) is 5.26 Å². The van der Waals surface area contributed by atoms with Crippen molar-refractivity contribution in [1.82, 2.24) is 10.3 Å². The molecule has 0 aliphatic heterocycles. The summed E-state index contributed by atoms with van der Waals surface area (Å²) in [4.78, 5) is 17.5. The van der Waals surface area contributed by atoms with E-state index in [1.165, 1.54) is 4.88 Å². The molecule has 2 aromatic rings. The molecule has 20 heavy (non-hydrogen) atoms. The van der Waals surface area contributed by atoms with E-state index in [4.69, 9.17) is 5.26 Å². The van der Waals surface area contributed by atoms with Crippen LogP contribution in [-0.4, -0.2) is 10.9 Å². The summed E-state index contributed by atoms with van der Waals surface area (Å²) < 4.78 is 0. The fraction of sp³-hybridized carbons (Fsp3) is 0.267. The van der Waals surface area contributed by atoms with E-state index in [-0.39, 0.29) is 5.91 Å². The molecule has 2 rings (SSSR count). The molecule has 0 spiro atoms. The van der Waals surface area contributed by atoms with Gasteiger partial charge in [0.05, 0.1) is 12.6 Å². The predicted molar refractivity (Wildman–Crippen MR) is 78.1 cm³/mol. The van der Waals surface area contributed by atoms with Gasteiger partial charge in [-0.15, -0.1) is 11.3 Å². The highest BCUT2D eigenvalue weighted by molar-refractivity contribution is 7.11. The number of carbonyl (C=O) groups excluding carboxylic acids is 1. The van der Waals surface area contributed by atoms with Gasteiger partial charge in [-0.1, -0.05) is 37.3 Å². The topological polar surface area (TPSA) is 65.8 Å². The lowest BCUT2D eigenvalue weighted by Crippen LogP contribution is -2.28. The summed E-state index contributed by atoms with van der Waals surface area (Å²) in [5, 5.41) is 12.8. The number of nitrogens with one attached hydrogen (secondary N) is 1. The van der Waals surface area contributed by atoms with Crippen LogP contribution in [0, 0.1) is 11.3 Å². The molecule has 102 valence electrons. The summed E-state index contributed by atoms with van der Waals surface area (Å²) in [5.74, 6) is -1.06. The Labute approximate surface area is 122 Å². The Morgan fingerprint density at radius 3 is 2.80 bits per heavy atom. The standard InChI is InChI=1S/C15H15N3OS/c1-2-12-9-17-14(20-12)10-18-15(19)13(8-16)11-6-4-3-5-7-11/h3-7,9,13H,2,10H2,1H3,(H,18,19). The first-order chi connectivity index (χ1) is 9.74. The smallest absolute Gasteiger partial charge is 0.242 e. The van der Waals surface area contributed by atoms with Crippen molar-refractivity contribution in [3.8, 4) is 6.07 Å². The minimum absolute atomic E-state index is 0.285. The summed E-state index contributed by atoms with van der Waals surface area (Å²) in [6.45, 7) is 2.44. The Morgan fingerprint density at radius 1 is 1.45 bits per heavy atom. The third kappa shape index (κ3) is 3.43. The molecule has 0 bridgehead atoms. The SMILES string of the molecule is CCc1cnc(CNC(=O)C(C#N)c2ccccc2)s1. The maximum Gasteiger partial charge on any atom is 0.242 e. The lowest BCUT2D eigenvalue weighted by Gasteiger charge is -2.09. The highest BCUT2D eigenvalue weighted by atomic mass is 32.1. The first-order valence-electron chi connectivity index (χ1n) is 6.40. The van der Waals surface area contributed by atoms with E-state index in [0.29, 0.717) is 12.1 Å². The van der Waals surface area contributed by atoms with Crippen molar-refractivity contribution < 1.29 is 4.79 Å². The van der Waals surface area contributed by atoms with Crippen LogP contribution in [0.1, 0.15) is 28.3 Å². The minimum Gasteiger partial charge on any atom is -0.348 e. The van der Waals surface area contributed by atoms with Crippen LogP contribution in [0.25, 0.3) is 0 Å². The molecule has 0 saturated carbocycles. The van der Waals surface area contributed by atoms with E-state index >= 15 is 0 Å². The number of thiazole rings is 1. The Hall–Kier alpha value is -2.19. The number of aryl methyl sites for hydroxylation is 1. The first-order valence-corrected chi connectivity index (χ1v) is 7.22. The van der Waals surface area contributed by atoms with Crippen molar-refractivity contribution in [2.45, 2.75) is 25.8 Å². The summed E-state index contributed by atoms with van der Waals surface area (Å²) in [5.41, 5.74) is 0.709. The molecular formula is C15H15N3OS. The molecule has 1 N–H and O–H groups in total. The van der Waals surface area contributed by atoms with E-state index < -0.39 is 5.92 Å². The number of carbonyl (C=O) groups is 1. The number of benzene rings is 1. The zero-order chi connectivity index (χ0) is 14.4. The zero-order valence-electron chi connectivity index (χ0n) is 11.2. The van der Waals surface area contributed by atoms with E-state index in [0.717, 1.165) is 11.4 Å². The van der Waals surface area contributed by atoms with Crippen LogP contribution in [0.3, 0.4) is 0 Å². The van der Waals surface area contributed by atoms with Crippen LogP contribution in [0.4, 0.5) is 0 Å². The average Bonchev–Trinajstić information content (AvgIpc) is 2.95. The van der Waals surface area contributed by atoms with Gasteiger partial charge in [-0.25, -0.2) is 4.98 Å². The molecule has 1 aromatic heterocycles. The summed E-state index contributed by atoms with van der Waals surface area (Å²) in [6, 6.07) is 11.1. The largest absolute Gasteiger partial charge is 0.348 e. The van der Waals surface area contributed by atoms with Crippen LogP contribution in [0.15, 0.2) is 36.5 Å². The summed E-state index contributed by atoms with van der Waals surface area (Å²) >= 11 is 1.58. The monoisotopic (exact) mass is 285 g/mol. The highest BCUT2D eigenvalue weighted by Crippen LogP contribution is 2.16. The fourth-order valence-corrected chi connectivity index (χ4v) is 2.59. The molecule has 1 heterocycles. The van der Waals surface area contributed by atoms with Gasteiger partial charge < -0.3 is 5.32 Å². The second kappa shape index (κ2) is 6.83. The molecule has 1 unspecified atom stereocenters. The van der Waals surface area contributed by atoms with Crippen molar-refractivity contribution >= 4 is 17.2 Å². The van der Waals surface area contributed by atoms with Crippen molar-refractivity contribution in [2.24, 2.45) is 0 Å². The Balaban J connectivity index is 1.98. The maximum atomic E-state index is 12.1. The highest BCUT2D eigenvalue weighted by Gasteiger charge is 2.19.